The summed E-state index contributed by atoms with van der Waals surface area (Å²) in [6.07, 6.45) is 0. The normalized spacial score (nSPS) is 11.2. The van der Waals surface area contributed by atoms with E-state index in [0.29, 0.717) is 5.75 Å². The van der Waals surface area contributed by atoms with Crippen molar-refractivity contribution in [3.63, 3.8) is 0 Å². The van der Waals surface area contributed by atoms with Crippen molar-refractivity contribution in [2.45, 2.75) is 13.8 Å². The van der Waals surface area contributed by atoms with Gasteiger partial charge in [0.25, 0.3) is 0 Å². The van der Waals surface area contributed by atoms with Crippen molar-refractivity contribution >= 4 is 19.2 Å². The number of phosphoric acid groups is 1. The number of rotatable bonds is 8. The van der Waals surface area contributed by atoms with Gasteiger partial charge >= 0.3 is 7.82 Å². The van der Waals surface area contributed by atoms with Crippen LogP contribution in [0.15, 0.2) is 54.6 Å². The summed E-state index contributed by atoms with van der Waals surface area (Å²) >= 11 is 0. The molecule has 118 valence electrons. The molecule has 1 N–H and O–H groups in total. The van der Waals surface area contributed by atoms with Crippen molar-refractivity contribution in [1.82, 2.24) is 0 Å². The third-order valence-electron chi connectivity index (χ3n) is 2.69. The molecule has 0 bridgehead atoms. The van der Waals surface area contributed by atoms with E-state index in [2.05, 4.69) is 5.32 Å². The maximum Gasteiger partial charge on any atom is 0.530 e. The number of benzene rings is 2. The molecule has 6 heteroatoms. The molecule has 0 amide bonds. The van der Waals surface area contributed by atoms with Crippen LogP contribution in [-0.2, 0) is 13.6 Å². The summed E-state index contributed by atoms with van der Waals surface area (Å²) in [5.74, 6) is 0.422. The second-order valence-corrected chi connectivity index (χ2v) is 5.99. The minimum atomic E-state index is -3.57. The minimum Gasteiger partial charge on any atom is -0.404 e. The summed E-state index contributed by atoms with van der Waals surface area (Å²) in [6.45, 7) is 3.98. The van der Waals surface area contributed by atoms with Crippen LogP contribution in [-0.4, -0.2) is 13.2 Å². The number of para-hydroxylation sites is 1. The first-order valence-electron chi connectivity index (χ1n) is 7.16. The zero-order valence-corrected chi connectivity index (χ0v) is 13.6. The minimum absolute atomic E-state index is 0.249. The van der Waals surface area contributed by atoms with Gasteiger partial charge in [0.15, 0.2) is 0 Å². The maximum absolute atomic E-state index is 12.4. The molecule has 0 heterocycles. The summed E-state index contributed by atoms with van der Waals surface area (Å²) in [5, 5.41) is 3.24. The molecule has 0 aliphatic heterocycles. The SMILES string of the molecule is CCOP(=O)(OCC)Oc1cccc(Nc2ccccc2)c1. The highest BCUT2D eigenvalue weighted by molar-refractivity contribution is 7.48. The van der Waals surface area contributed by atoms with Crippen LogP contribution in [0, 0.1) is 0 Å². The van der Waals surface area contributed by atoms with Crippen LogP contribution >= 0.6 is 7.82 Å². The Morgan fingerprint density at radius 3 is 2.18 bits per heavy atom. The quantitative estimate of drug-likeness (QED) is 0.694. The Kier molecular flexibility index (Phi) is 6.01. The molecule has 0 aliphatic carbocycles. The predicted molar refractivity (Wildman–Crippen MR) is 87.7 cm³/mol. The van der Waals surface area contributed by atoms with Gasteiger partial charge in [-0.25, -0.2) is 4.57 Å². The summed E-state index contributed by atoms with van der Waals surface area (Å²) in [7, 11) is -3.57. The van der Waals surface area contributed by atoms with E-state index in [4.69, 9.17) is 13.6 Å². The van der Waals surface area contributed by atoms with E-state index in [9.17, 15) is 4.57 Å². The Morgan fingerprint density at radius 2 is 1.55 bits per heavy atom. The van der Waals surface area contributed by atoms with Crippen LogP contribution in [0.3, 0.4) is 0 Å². The van der Waals surface area contributed by atoms with E-state index in [-0.39, 0.29) is 13.2 Å². The van der Waals surface area contributed by atoms with Gasteiger partial charge in [-0.15, -0.1) is 0 Å². The third kappa shape index (κ3) is 4.88. The number of phosphoric ester groups is 1. The summed E-state index contributed by atoms with van der Waals surface area (Å²) in [5.41, 5.74) is 1.78. The van der Waals surface area contributed by atoms with Gasteiger partial charge in [0.1, 0.15) is 5.75 Å². The highest BCUT2D eigenvalue weighted by atomic mass is 31.2. The summed E-state index contributed by atoms with van der Waals surface area (Å²) in [6, 6.07) is 16.9. The fourth-order valence-electron chi connectivity index (χ4n) is 1.85. The van der Waals surface area contributed by atoms with E-state index >= 15 is 0 Å². The van der Waals surface area contributed by atoms with Gasteiger partial charge < -0.3 is 9.84 Å². The van der Waals surface area contributed by atoms with E-state index in [1.165, 1.54) is 0 Å². The zero-order chi connectivity index (χ0) is 15.8. The van der Waals surface area contributed by atoms with Gasteiger partial charge in [-0.2, -0.15) is 0 Å². The van der Waals surface area contributed by atoms with Crippen LogP contribution in [0.1, 0.15) is 13.8 Å². The highest BCUT2D eigenvalue weighted by Crippen LogP contribution is 2.49. The van der Waals surface area contributed by atoms with Crippen molar-refractivity contribution in [1.29, 1.82) is 0 Å². The average Bonchev–Trinajstić information content (AvgIpc) is 2.49. The molecule has 22 heavy (non-hydrogen) atoms. The lowest BCUT2D eigenvalue weighted by atomic mass is 10.2. The molecule has 0 unspecified atom stereocenters. The van der Waals surface area contributed by atoms with Crippen molar-refractivity contribution in [2.75, 3.05) is 18.5 Å². The molecule has 2 rings (SSSR count). The standard InChI is InChI=1S/C16H20NO4P/c1-3-19-22(18,20-4-2)21-16-12-8-11-15(13-16)17-14-9-6-5-7-10-14/h5-13,17H,3-4H2,1-2H3. The summed E-state index contributed by atoms with van der Waals surface area (Å²) < 4.78 is 28.0. The molecule has 0 aliphatic rings. The van der Waals surface area contributed by atoms with Crippen LogP contribution in [0.4, 0.5) is 11.4 Å². The molecule has 2 aromatic rings. The van der Waals surface area contributed by atoms with Crippen LogP contribution < -0.4 is 9.84 Å². The second kappa shape index (κ2) is 7.99. The molecular weight excluding hydrogens is 301 g/mol. The van der Waals surface area contributed by atoms with Crippen molar-refractivity contribution in [2.24, 2.45) is 0 Å². The Balaban J connectivity index is 2.12. The lowest BCUT2D eigenvalue weighted by Gasteiger charge is -2.17. The van der Waals surface area contributed by atoms with Crippen LogP contribution in [0.5, 0.6) is 5.75 Å². The van der Waals surface area contributed by atoms with E-state index in [1.807, 2.05) is 42.5 Å². The molecule has 0 aromatic heterocycles. The van der Waals surface area contributed by atoms with Gasteiger partial charge in [-0.3, -0.25) is 9.05 Å². The average molecular weight is 321 g/mol. The molecule has 0 saturated carbocycles. The fraction of sp³-hybridized carbons (Fsp3) is 0.250. The molecule has 5 nitrogen and oxygen atoms in total. The van der Waals surface area contributed by atoms with E-state index in [1.54, 1.807) is 26.0 Å². The highest BCUT2D eigenvalue weighted by Gasteiger charge is 2.27. The molecular formula is C16H20NO4P. The van der Waals surface area contributed by atoms with Crippen molar-refractivity contribution in [3.8, 4) is 5.75 Å². The number of hydrogen-bond donors (Lipinski definition) is 1. The van der Waals surface area contributed by atoms with Gasteiger partial charge in [-0.05, 0) is 38.1 Å². The molecule has 0 radical (unpaired) electrons. The van der Waals surface area contributed by atoms with E-state index < -0.39 is 7.82 Å². The molecule has 0 atom stereocenters. The molecule has 2 aromatic carbocycles. The van der Waals surface area contributed by atoms with E-state index in [0.717, 1.165) is 11.4 Å². The monoisotopic (exact) mass is 321 g/mol. The molecule has 0 saturated heterocycles. The Hall–Kier alpha value is -1.81. The smallest absolute Gasteiger partial charge is 0.404 e. The topological polar surface area (TPSA) is 56.8 Å². The Bertz CT molecular complexity index is 623. The first-order valence-corrected chi connectivity index (χ1v) is 8.62. The summed E-state index contributed by atoms with van der Waals surface area (Å²) in [4.78, 5) is 0. The largest absolute Gasteiger partial charge is 0.530 e. The predicted octanol–water partition coefficient (Wildman–Crippen LogP) is 4.99. The van der Waals surface area contributed by atoms with Crippen LogP contribution in [0.25, 0.3) is 0 Å². The number of hydrogen-bond acceptors (Lipinski definition) is 5. The molecule has 0 fully saturated rings. The maximum atomic E-state index is 12.4. The van der Waals surface area contributed by atoms with Crippen LogP contribution in [0.2, 0.25) is 0 Å². The van der Waals surface area contributed by atoms with Gasteiger partial charge in [-0.1, -0.05) is 24.3 Å². The number of anilines is 2. The zero-order valence-electron chi connectivity index (χ0n) is 12.7. The van der Waals surface area contributed by atoms with Gasteiger partial charge in [0.2, 0.25) is 0 Å². The van der Waals surface area contributed by atoms with Gasteiger partial charge in [0.05, 0.1) is 13.2 Å². The van der Waals surface area contributed by atoms with Crippen molar-refractivity contribution in [3.05, 3.63) is 54.6 Å². The number of nitrogens with one attached hydrogen (secondary N) is 1. The Morgan fingerprint density at radius 1 is 0.909 bits per heavy atom. The lowest BCUT2D eigenvalue weighted by Crippen LogP contribution is -2.02. The fourth-order valence-corrected chi connectivity index (χ4v) is 3.04. The Labute approximate surface area is 130 Å². The third-order valence-corrected chi connectivity index (χ3v) is 4.27. The first-order chi connectivity index (χ1) is 10.6. The van der Waals surface area contributed by atoms with Gasteiger partial charge in [0, 0.05) is 17.4 Å². The van der Waals surface area contributed by atoms with Crippen molar-refractivity contribution < 1.29 is 18.1 Å². The molecule has 0 spiro atoms. The second-order valence-electron chi connectivity index (χ2n) is 4.39. The lowest BCUT2D eigenvalue weighted by molar-refractivity contribution is 0.167. The first kappa shape index (κ1) is 16.6.